The molecule has 2 rings (SSSR count). The number of carbonyl (C=O) groups is 1. The second-order valence-electron chi connectivity index (χ2n) is 5.30. The lowest BCUT2D eigenvalue weighted by Crippen LogP contribution is -2.42. The predicted molar refractivity (Wildman–Crippen MR) is 71.8 cm³/mol. The van der Waals surface area contributed by atoms with Gasteiger partial charge in [-0.1, -0.05) is 6.42 Å². The van der Waals surface area contributed by atoms with Gasteiger partial charge in [0, 0.05) is 12.0 Å². The maximum Gasteiger partial charge on any atom is 0.337 e. The Morgan fingerprint density at radius 1 is 1.39 bits per heavy atom. The fourth-order valence-electron chi connectivity index (χ4n) is 2.83. The third-order valence-corrected chi connectivity index (χ3v) is 4.36. The van der Waals surface area contributed by atoms with Crippen molar-refractivity contribution in [3.8, 4) is 0 Å². The summed E-state index contributed by atoms with van der Waals surface area (Å²) in [5.74, 6) is -0.272. The van der Waals surface area contributed by atoms with Gasteiger partial charge in [0.1, 0.15) is 0 Å². The van der Waals surface area contributed by atoms with Crippen LogP contribution in [0.4, 0.5) is 0 Å². The van der Waals surface area contributed by atoms with Crippen molar-refractivity contribution in [1.29, 1.82) is 0 Å². The molecule has 0 heterocycles. The van der Waals surface area contributed by atoms with Crippen molar-refractivity contribution in [3.63, 3.8) is 0 Å². The molecule has 1 aromatic rings. The summed E-state index contributed by atoms with van der Waals surface area (Å²) in [6.45, 7) is 4.80. The van der Waals surface area contributed by atoms with Gasteiger partial charge >= 0.3 is 5.97 Å². The molecule has 2 N–H and O–H groups in total. The molecule has 3 heteroatoms. The van der Waals surface area contributed by atoms with Crippen molar-refractivity contribution in [1.82, 2.24) is 0 Å². The van der Waals surface area contributed by atoms with Crippen LogP contribution < -0.4 is 5.73 Å². The fraction of sp³-hybridized carbons (Fsp3) is 0.533. The summed E-state index contributed by atoms with van der Waals surface area (Å²) in [5, 5.41) is 0. The first-order valence-electron chi connectivity index (χ1n) is 6.44. The third-order valence-electron chi connectivity index (χ3n) is 4.36. The van der Waals surface area contributed by atoms with Gasteiger partial charge in [0.05, 0.1) is 12.7 Å². The summed E-state index contributed by atoms with van der Waals surface area (Å²) >= 11 is 0. The lowest BCUT2D eigenvalue weighted by atomic mass is 9.63. The summed E-state index contributed by atoms with van der Waals surface area (Å²) < 4.78 is 4.81. The SMILES string of the molecule is COC(=O)c1cc(C)c(C)c(C2(CN)CCC2)c1. The average molecular weight is 247 g/mol. The second kappa shape index (κ2) is 4.73. The Hall–Kier alpha value is -1.35. The van der Waals surface area contributed by atoms with Crippen molar-refractivity contribution in [2.75, 3.05) is 13.7 Å². The fourth-order valence-corrected chi connectivity index (χ4v) is 2.83. The maximum atomic E-state index is 11.7. The van der Waals surface area contributed by atoms with E-state index in [0.29, 0.717) is 12.1 Å². The van der Waals surface area contributed by atoms with Crippen LogP contribution in [-0.2, 0) is 10.2 Å². The summed E-state index contributed by atoms with van der Waals surface area (Å²) in [6, 6.07) is 3.87. The minimum atomic E-state index is -0.272. The number of methoxy groups -OCH3 is 1. The Labute approximate surface area is 108 Å². The van der Waals surface area contributed by atoms with Crippen LogP contribution in [0.2, 0.25) is 0 Å². The zero-order valence-corrected chi connectivity index (χ0v) is 11.4. The summed E-state index contributed by atoms with van der Waals surface area (Å²) in [4.78, 5) is 11.7. The van der Waals surface area contributed by atoms with Crippen molar-refractivity contribution in [3.05, 3.63) is 34.4 Å². The number of esters is 1. The number of hydrogen-bond donors (Lipinski definition) is 1. The number of hydrogen-bond acceptors (Lipinski definition) is 3. The van der Waals surface area contributed by atoms with Crippen LogP contribution >= 0.6 is 0 Å². The highest BCUT2D eigenvalue weighted by Gasteiger charge is 2.39. The van der Waals surface area contributed by atoms with E-state index in [1.54, 1.807) is 0 Å². The molecule has 1 aromatic carbocycles. The van der Waals surface area contributed by atoms with Crippen LogP contribution in [0.5, 0.6) is 0 Å². The molecule has 1 aliphatic carbocycles. The minimum absolute atomic E-state index is 0.0822. The Morgan fingerprint density at radius 2 is 2.06 bits per heavy atom. The number of ether oxygens (including phenoxy) is 1. The number of benzene rings is 1. The number of rotatable bonds is 3. The third kappa shape index (κ3) is 1.93. The molecule has 3 nitrogen and oxygen atoms in total. The molecule has 1 fully saturated rings. The van der Waals surface area contributed by atoms with E-state index in [4.69, 9.17) is 10.5 Å². The number of carbonyl (C=O) groups excluding carboxylic acids is 1. The molecular formula is C15H21NO2. The van der Waals surface area contributed by atoms with Crippen molar-refractivity contribution < 1.29 is 9.53 Å². The van der Waals surface area contributed by atoms with E-state index in [2.05, 4.69) is 6.92 Å². The van der Waals surface area contributed by atoms with Crippen LogP contribution in [-0.4, -0.2) is 19.6 Å². The van der Waals surface area contributed by atoms with Gasteiger partial charge in [-0.25, -0.2) is 4.79 Å². The number of aryl methyl sites for hydroxylation is 1. The minimum Gasteiger partial charge on any atom is -0.465 e. The van der Waals surface area contributed by atoms with E-state index >= 15 is 0 Å². The highest BCUT2D eigenvalue weighted by molar-refractivity contribution is 5.90. The molecular weight excluding hydrogens is 226 g/mol. The Kier molecular flexibility index (Phi) is 3.44. The monoisotopic (exact) mass is 247 g/mol. The molecule has 0 aromatic heterocycles. The average Bonchev–Trinajstić information content (AvgIpc) is 2.32. The summed E-state index contributed by atoms with van der Waals surface area (Å²) in [7, 11) is 1.42. The molecule has 0 bridgehead atoms. The van der Waals surface area contributed by atoms with Gasteiger partial charge in [0.25, 0.3) is 0 Å². The summed E-state index contributed by atoms with van der Waals surface area (Å²) in [6.07, 6.45) is 3.46. The molecule has 1 saturated carbocycles. The molecule has 0 saturated heterocycles. The molecule has 1 aliphatic rings. The van der Waals surface area contributed by atoms with E-state index in [-0.39, 0.29) is 11.4 Å². The highest BCUT2D eigenvalue weighted by Crippen LogP contribution is 2.44. The lowest BCUT2D eigenvalue weighted by molar-refractivity contribution is 0.0600. The normalized spacial score (nSPS) is 17.1. The maximum absolute atomic E-state index is 11.7. The number of nitrogens with two attached hydrogens (primary N) is 1. The van der Waals surface area contributed by atoms with Crippen LogP contribution in [0, 0.1) is 13.8 Å². The van der Waals surface area contributed by atoms with E-state index in [1.807, 2.05) is 19.1 Å². The standard InChI is InChI=1S/C15H21NO2/c1-10-7-12(14(17)18-3)8-13(11(10)2)15(9-16)5-4-6-15/h7-8H,4-6,9,16H2,1-3H3. The van der Waals surface area contributed by atoms with Crippen LogP contribution in [0.3, 0.4) is 0 Å². The lowest BCUT2D eigenvalue weighted by Gasteiger charge is -2.43. The van der Waals surface area contributed by atoms with Gasteiger partial charge < -0.3 is 10.5 Å². The Balaban J connectivity index is 2.52. The van der Waals surface area contributed by atoms with E-state index in [9.17, 15) is 4.79 Å². The molecule has 18 heavy (non-hydrogen) atoms. The van der Waals surface area contributed by atoms with E-state index < -0.39 is 0 Å². The summed E-state index contributed by atoms with van der Waals surface area (Å²) in [5.41, 5.74) is 10.3. The van der Waals surface area contributed by atoms with Crippen molar-refractivity contribution in [2.45, 2.75) is 38.5 Å². The quantitative estimate of drug-likeness (QED) is 0.835. The first-order valence-corrected chi connectivity index (χ1v) is 6.44. The van der Waals surface area contributed by atoms with Crippen molar-refractivity contribution >= 4 is 5.97 Å². The van der Waals surface area contributed by atoms with Gasteiger partial charge in [-0.15, -0.1) is 0 Å². The molecule has 98 valence electrons. The van der Waals surface area contributed by atoms with Crippen LogP contribution in [0.1, 0.15) is 46.3 Å². The molecule has 0 aliphatic heterocycles. The first kappa shape index (κ1) is 13.1. The Bertz CT molecular complexity index is 470. The van der Waals surface area contributed by atoms with Gasteiger partial charge in [0.15, 0.2) is 0 Å². The highest BCUT2D eigenvalue weighted by atomic mass is 16.5. The zero-order chi connectivity index (χ0) is 13.3. The molecule has 0 atom stereocenters. The zero-order valence-electron chi connectivity index (χ0n) is 11.4. The largest absolute Gasteiger partial charge is 0.465 e. The second-order valence-corrected chi connectivity index (χ2v) is 5.30. The van der Waals surface area contributed by atoms with Gasteiger partial charge in [-0.05, 0) is 55.5 Å². The van der Waals surface area contributed by atoms with Crippen LogP contribution in [0.15, 0.2) is 12.1 Å². The van der Waals surface area contributed by atoms with E-state index in [1.165, 1.54) is 24.7 Å². The van der Waals surface area contributed by atoms with Crippen molar-refractivity contribution in [2.24, 2.45) is 5.73 Å². The van der Waals surface area contributed by atoms with E-state index in [0.717, 1.165) is 18.4 Å². The van der Waals surface area contributed by atoms with Gasteiger partial charge in [-0.2, -0.15) is 0 Å². The molecule has 0 radical (unpaired) electrons. The van der Waals surface area contributed by atoms with Gasteiger partial charge in [0.2, 0.25) is 0 Å². The Morgan fingerprint density at radius 3 is 2.50 bits per heavy atom. The molecule has 0 spiro atoms. The van der Waals surface area contributed by atoms with Crippen LogP contribution in [0.25, 0.3) is 0 Å². The predicted octanol–water partition coefficient (Wildman–Crippen LogP) is 2.47. The molecule has 0 amide bonds. The smallest absolute Gasteiger partial charge is 0.337 e. The van der Waals surface area contributed by atoms with Gasteiger partial charge in [-0.3, -0.25) is 0 Å². The molecule has 0 unspecified atom stereocenters. The topological polar surface area (TPSA) is 52.3 Å². The first-order chi connectivity index (χ1) is 8.54.